The van der Waals surface area contributed by atoms with Crippen LogP contribution < -0.4 is 10.2 Å². The first-order valence-corrected chi connectivity index (χ1v) is 7.25. The Labute approximate surface area is 125 Å². The predicted octanol–water partition coefficient (Wildman–Crippen LogP) is 2.23. The summed E-state index contributed by atoms with van der Waals surface area (Å²) in [6.45, 7) is 6.30. The number of nitrogens with zero attached hydrogens (tertiary/aromatic N) is 3. The number of nitrogens with one attached hydrogen (secondary N) is 1. The molecule has 0 atom stereocenters. The number of anilines is 2. The summed E-state index contributed by atoms with van der Waals surface area (Å²) < 4.78 is 5.38. The van der Waals surface area contributed by atoms with Crippen LogP contribution in [0.25, 0.3) is 0 Å². The molecule has 1 aromatic heterocycles. The van der Waals surface area contributed by atoms with Crippen LogP contribution in [0.1, 0.15) is 11.3 Å². The summed E-state index contributed by atoms with van der Waals surface area (Å²) in [4.78, 5) is 10.6. The van der Waals surface area contributed by atoms with E-state index in [-0.39, 0.29) is 0 Å². The zero-order valence-corrected chi connectivity index (χ0v) is 12.2. The molecule has 3 rings (SSSR count). The van der Waals surface area contributed by atoms with Crippen molar-refractivity contribution in [2.75, 3.05) is 36.5 Å². The number of aryl methyl sites for hydroxylation is 1. The van der Waals surface area contributed by atoms with E-state index >= 15 is 0 Å². The van der Waals surface area contributed by atoms with E-state index in [2.05, 4.69) is 44.5 Å². The van der Waals surface area contributed by atoms with Gasteiger partial charge in [0, 0.05) is 37.1 Å². The third-order valence-electron chi connectivity index (χ3n) is 3.59. The number of morpholine rings is 1. The maximum atomic E-state index is 5.38. The number of hydrogen-bond donors (Lipinski definition) is 1. The van der Waals surface area contributed by atoms with Crippen LogP contribution in [0, 0.1) is 6.92 Å². The van der Waals surface area contributed by atoms with Crippen LogP contribution in [-0.4, -0.2) is 36.3 Å². The van der Waals surface area contributed by atoms with E-state index in [4.69, 9.17) is 4.74 Å². The molecular weight excluding hydrogens is 264 g/mol. The molecule has 21 heavy (non-hydrogen) atoms. The van der Waals surface area contributed by atoms with E-state index in [0.717, 1.165) is 44.4 Å². The van der Waals surface area contributed by atoms with Gasteiger partial charge in [-0.25, -0.2) is 9.97 Å². The van der Waals surface area contributed by atoms with E-state index in [9.17, 15) is 0 Å². The second kappa shape index (κ2) is 6.54. The lowest BCUT2D eigenvalue weighted by molar-refractivity contribution is 0.122. The molecule has 0 spiro atoms. The molecule has 0 bridgehead atoms. The molecule has 0 radical (unpaired) electrons. The normalized spacial score (nSPS) is 15.0. The summed E-state index contributed by atoms with van der Waals surface area (Å²) in [6, 6.07) is 10.6. The van der Waals surface area contributed by atoms with Gasteiger partial charge in [-0.05, 0) is 24.6 Å². The standard InChI is InChI=1S/C16H20N4O/c1-13-10-16(19-12-18-13)17-11-14-2-4-15(5-3-14)20-6-8-21-9-7-20/h2-5,10,12H,6-9,11H2,1H3,(H,17,18,19). The quantitative estimate of drug-likeness (QED) is 0.933. The van der Waals surface area contributed by atoms with Crippen molar-refractivity contribution in [3.05, 3.63) is 47.9 Å². The first kappa shape index (κ1) is 13.8. The van der Waals surface area contributed by atoms with Gasteiger partial charge in [0.1, 0.15) is 12.1 Å². The Balaban J connectivity index is 1.59. The smallest absolute Gasteiger partial charge is 0.129 e. The summed E-state index contributed by atoms with van der Waals surface area (Å²) in [5.74, 6) is 0.861. The second-order valence-electron chi connectivity index (χ2n) is 5.16. The Bertz CT molecular complexity index is 579. The highest BCUT2D eigenvalue weighted by atomic mass is 16.5. The fourth-order valence-corrected chi connectivity index (χ4v) is 2.39. The molecule has 1 aliphatic heterocycles. The molecule has 5 nitrogen and oxygen atoms in total. The van der Waals surface area contributed by atoms with E-state index < -0.39 is 0 Å². The molecule has 1 N–H and O–H groups in total. The molecule has 0 unspecified atom stereocenters. The number of hydrogen-bond acceptors (Lipinski definition) is 5. The molecule has 0 aliphatic carbocycles. The van der Waals surface area contributed by atoms with Gasteiger partial charge in [0.25, 0.3) is 0 Å². The average molecular weight is 284 g/mol. The van der Waals surface area contributed by atoms with Gasteiger partial charge in [-0.2, -0.15) is 0 Å². The molecule has 2 heterocycles. The minimum Gasteiger partial charge on any atom is -0.378 e. The first-order valence-electron chi connectivity index (χ1n) is 7.25. The number of benzene rings is 1. The molecule has 2 aromatic rings. The highest BCUT2D eigenvalue weighted by Crippen LogP contribution is 2.17. The van der Waals surface area contributed by atoms with Crippen molar-refractivity contribution in [2.45, 2.75) is 13.5 Å². The topological polar surface area (TPSA) is 50.3 Å². The third kappa shape index (κ3) is 3.70. The molecule has 1 saturated heterocycles. The van der Waals surface area contributed by atoms with Crippen LogP contribution in [0.3, 0.4) is 0 Å². The second-order valence-corrected chi connectivity index (χ2v) is 5.16. The maximum Gasteiger partial charge on any atom is 0.129 e. The van der Waals surface area contributed by atoms with Crippen LogP contribution >= 0.6 is 0 Å². The average Bonchev–Trinajstić information content (AvgIpc) is 2.54. The highest BCUT2D eigenvalue weighted by molar-refractivity contribution is 5.48. The van der Waals surface area contributed by atoms with Gasteiger partial charge in [-0.3, -0.25) is 0 Å². The Kier molecular flexibility index (Phi) is 4.31. The summed E-state index contributed by atoms with van der Waals surface area (Å²) in [5.41, 5.74) is 3.47. The monoisotopic (exact) mass is 284 g/mol. The molecule has 110 valence electrons. The number of aromatic nitrogens is 2. The van der Waals surface area contributed by atoms with Crippen molar-refractivity contribution >= 4 is 11.5 Å². The van der Waals surface area contributed by atoms with Crippen molar-refractivity contribution in [3.8, 4) is 0 Å². The molecule has 1 fully saturated rings. The Morgan fingerprint density at radius 3 is 2.62 bits per heavy atom. The van der Waals surface area contributed by atoms with E-state index in [0.29, 0.717) is 0 Å². The van der Waals surface area contributed by atoms with Gasteiger partial charge < -0.3 is 15.0 Å². The molecule has 5 heteroatoms. The molecule has 0 amide bonds. The molecule has 1 aromatic carbocycles. The SMILES string of the molecule is Cc1cc(NCc2ccc(N3CCOCC3)cc2)ncn1. The maximum absolute atomic E-state index is 5.38. The molecule has 1 aliphatic rings. The summed E-state index contributed by atoms with van der Waals surface area (Å²) >= 11 is 0. The lowest BCUT2D eigenvalue weighted by atomic mass is 10.2. The van der Waals surface area contributed by atoms with Crippen LogP contribution in [-0.2, 0) is 11.3 Å². The minimum atomic E-state index is 0.764. The summed E-state index contributed by atoms with van der Waals surface area (Å²) in [5, 5.41) is 3.32. The van der Waals surface area contributed by atoms with Gasteiger partial charge in [-0.15, -0.1) is 0 Å². The van der Waals surface area contributed by atoms with Crippen molar-refractivity contribution in [3.63, 3.8) is 0 Å². The predicted molar refractivity (Wildman–Crippen MR) is 83.6 cm³/mol. The highest BCUT2D eigenvalue weighted by Gasteiger charge is 2.10. The van der Waals surface area contributed by atoms with Gasteiger partial charge in [-0.1, -0.05) is 12.1 Å². The van der Waals surface area contributed by atoms with E-state index in [1.165, 1.54) is 11.3 Å². The lowest BCUT2D eigenvalue weighted by Gasteiger charge is -2.28. The molecular formula is C16H20N4O. The van der Waals surface area contributed by atoms with Gasteiger partial charge in [0.05, 0.1) is 13.2 Å². The first-order chi connectivity index (χ1) is 10.3. The zero-order chi connectivity index (χ0) is 14.5. The van der Waals surface area contributed by atoms with Crippen molar-refractivity contribution in [2.24, 2.45) is 0 Å². The van der Waals surface area contributed by atoms with Crippen LogP contribution in [0.4, 0.5) is 11.5 Å². The Hall–Kier alpha value is -2.14. The summed E-state index contributed by atoms with van der Waals surface area (Å²) in [7, 11) is 0. The largest absolute Gasteiger partial charge is 0.378 e. The Morgan fingerprint density at radius 2 is 1.90 bits per heavy atom. The van der Waals surface area contributed by atoms with E-state index in [1.54, 1.807) is 6.33 Å². The fraction of sp³-hybridized carbons (Fsp3) is 0.375. The van der Waals surface area contributed by atoms with Crippen molar-refractivity contribution in [1.82, 2.24) is 9.97 Å². The fourth-order valence-electron chi connectivity index (χ4n) is 2.39. The van der Waals surface area contributed by atoms with Crippen LogP contribution in [0.5, 0.6) is 0 Å². The zero-order valence-electron chi connectivity index (χ0n) is 12.2. The minimum absolute atomic E-state index is 0.764. The van der Waals surface area contributed by atoms with Crippen molar-refractivity contribution in [1.29, 1.82) is 0 Å². The number of ether oxygens (including phenoxy) is 1. The van der Waals surface area contributed by atoms with Crippen LogP contribution in [0.2, 0.25) is 0 Å². The van der Waals surface area contributed by atoms with Gasteiger partial charge in [0.15, 0.2) is 0 Å². The Morgan fingerprint density at radius 1 is 1.14 bits per heavy atom. The summed E-state index contributed by atoms with van der Waals surface area (Å²) in [6.07, 6.45) is 1.58. The third-order valence-corrected chi connectivity index (χ3v) is 3.59. The van der Waals surface area contributed by atoms with Crippen molar-refractivity contribution < 1.29 is 4.74 Å². The molecule has 0 saturated carbocycles. The lowest BCUT2D eigenvalue weighted by Crippen LogP contribution is -2.36. The van der Waals surface area contributed by atoms with E-state index in [1.807, 2.05) is 13.0 Å². The van der Waals surface area contributed by atoms with Gasteiger partial charge in [0.2, 0.25) is 0 Å². The number of rotatable bonds is 4. The van der Waals surface area contributed by atoms with Gasteiger partial charge >= 0.3 is 0 Å². The van der Waals surface area contributed by atoms with Crippen LogP contribution in [0.15, 0.2) is 36.7 Å².